The second-order valence-corrected chi connectivity index (χ2v) is 7.79. The molecule has 3 rings (SSSR count). The van der Waals surface area contributed by atoms with Crippen LogP contribution in [0.5, 0.6) is 0 Å². The van der Waals surface area contributed by atoms with Crippen LogP contribution in [0.15, 0.2) is 12.1 Å². The van der Waals surface area contributed by atoms with Crippen molar-refractivity contribution in [2.24, 2.45) is 5.41 Å². The van der Waals surface area contributed by atoms with Crippen molar-refractivity contribution in [1.29, 1.82) is 0 Å². The summed E-state index contributed by atoms with van der Waals surface area (Å²) in [7, 11) is 0. The van der Waals surface area contributed by atoms with Gasteiger partial charge >= 0.3 is 0 Å². The highest BCUT2D eigenvalue weighted by atomic mass is 35.5. The maximum absolute atomic E-state index is 6.50. The van der Waals surface area contributed by atoms with Gasteiger partial charge in [-0.05, 0) is 24.5 Å². The van der Waals surface area contributed by atoms with Crippen molar-refractivity contribution in [2.45, 2.75) is 39.8 Å². The van der Waals surface area contributed by atoms with Crippen LogP contribution in [0.2, 0.25) is 5.02 Å². The molecule has 0 radical (unpaired) electrons. The van der Waals surface area contributed by atoms with Crippen molar-refractivity contribution in [3.05, 3.63) is 17.2 Å². The molecule has 2 unspecified atom stereocenters. The van der Waals surface area contributed by atoms with Crippen molar-refractivity contribution in [3.8, 4) is 0 Å². The molecule has 6 heteroatoms. The monoisotopic (exact) mass is 324 g/mol. The Bertz CT molecular complexity index is 649. The number of hydrogen-bond acceptors (Lipinski definition) is 5. The maximum Gasteiger partial charge on any atom is 0.129 e. The van der Waals surface area contributed by atoms with E-state index >= 15 is 0 Å². The summed E-state index contributed by atoms with van der Waals surface area (Å²) in [5, 5.41) is 4.41. The van der Waals surface area contributed by atoms with E-state index in [1.54, 1.807) is 0 Å². The van der Waals surface area contributed by atoms with Crippen LogP contribution in [0.3, 0.4) is 0 Å². The first kappa shape index (κ1) is 15.0. The van der Waals surface area contributed by atoms with Gasteiger partial charge < -0.3 is 10.2 Å². The van der Waals surface area contributed by atoms with Gasteiger partial charge in [0.15, 0.2) is 0 Å². The van der Waals surface area contributed by atoms with Gasteiger partial charge in [-0.2, -0.15) is 8.75 Å². The lowest BCUT2D eigenvalue weighted by atomic mass is 9.84. The summed E-state index contributed by atoms with van der Waals surface area (Å²) in [4.78, 5) is 2.39. The quantitative estimate of drug-likeness (QED) is 0.871. The Morgan fingerprint density at radius 2 is 2.10 bits per heavy atom. The Balaban J connectivity index is 2.03. The SMILES string of the molecule is CC1CNC(C(C)(C)C)CN1c1c(Cl)ccc2nsnc12. The first-order valence-corrected chi connectivity index (χ1v) is 8.39. The molecular weight excluding hydrogens is 304 g/mol. The highest BCUT2D eigenvalue weighted by Crippen LogP contribution is 2.36. The van der Waals surface area contributed by atoms with Crippen molar-refractivity contribution < 1.29 is 0 Å². The summed E-state index contributed by atoms with van der Waals surface area (Å²) in [6.07, 6.45) is 0. The third-order valence-electron chi connectivity index (χ3n) is 4.26. The summed E-state index contributed by atoms with van der Waals surface area (Å²) < 4.78 is 8.80. The Morgan fingerprint density at radius 1 is 1.33 bits per heavy atom. The number of fused-ring (bicyclic) bond motifs is 1. The number of piperazine rings is 1. The zero-order valence-corrected chi connectivity index (χ0v) is 14.4. The van der Waals surface area contributed by atoms with E-state index in [9.17, 15) is 0 Å². The number of aromatic nitrogens is 2. The maximum atomic E-state index is 6.50. The molecule has 0 aliphatic carbocycles. The van der Waals surface area contributed by atoms with Gasteiger partial charge in [0.2, 0.25) is 0 Å². The molecule has 114 valence electrons. The lowest BCUT2D eigenvalue weighted by molar-refractivity contribution is 0.239. The summed E-state index contributed by atoms with van der Waals surface area (Å²) in [5.41, 5.74) is 3.09. The fourth-order valence-electron chi connectivity index (χ4n) is 2.84. The highest BCUT2D eigenvalue weighted by Gasteiger charge is 2.34. The average molecular weight is 325 g/mol. The molecule has 0 spiro atoms. The normalized spacial score (nSPS) is 23.8. The predicted molar refractivity (Wildman–Crippen MR) is 90.5 cm³/mol. The topological polar surface area (TPSA) is 41.0 Å². The molecule has 1 aliphatic rings. The smallest absolute Gasteiger partial charge is 0.129 e. The van der Waals surface area contributed by atoms with E-state index < -0.39 is 0 Å². The van der Waals surface area contributed by atoms with Gasteiger partial charge in [-0.15, -0.1) is 0 Å². The molecule has 2 atom stereocenters. The molecule has 1 aliphatic heterocycles. The van der Waals surface area contributed by atoms with Crippen molar-refractivity contribution in [1.82, 2.24) is 14.1 Å². The van der Waals surface area contributed by atoms with Crippen LogP contribution in [-0.4, -0.2) is 33.9 Å². The summed E-state index contributed by atoms with van der Waals surface area (Å²) >= 11 is 7.74. The molecular formula is C15H21ClN4S. The molecule has 1 aromatic carbocycles. The standard InChI is InChI=1S/C15H21ClN4S/c1-9-7-17-12(15(2,3)4)8-20(9)14-10(16)5-6-11-13(14)19-21-18-11/h5-6,9,12,17H,7-8H2,1-4H3. The second-order valence-electron chi connectivity index (χ2n) is 6.86. The number of anilines is 1. The van der Waals surface area contributed by atoms with Crippen LogP contribution < -0.4 is 10.2 Å². The zero-order valence-electron chi connectivity index (χ0n) is 12.9. The minimum atomic E-state index is 0.207. The minimum absolute atomic E-state index is 0.207. The molecule has 1 aromatic heterocycles. The third-order valence-corrected chi connectivity index (χ3v) is 5.10. The molecule has 4 nitrogen and oxygen atoms in total. The van der Waals surface area contributed by atoms with Gasteiger partial charge in [-0.3, -0.25) is 0 Å². The number of nitrogens with one attached hydrogen (secondary N) is 1. The van der Waals surface area contributed by atoms with Crippen molar-refractivity contribution in [2.75, 3.05) is 18.0 Å². The van der Waals surface area contributed by atoms with Crippen molar-refractivity contribution >= 4 is 40.0 Å². The number of nitrogens with zero attached hydrogens (tertiary/aromatic N) is 3. The highest BCUT2D eigenvalue weighted by molar-refractivity contribution is 7.00. The fraction of sp³-hybridized carbons (Fsp3) is 0.600. The molecule has 0 bridgehead atoms. The average Bonchev–Trinajstić information content (AvgIpc) is 2.87. The molecule has 0 saturated carbocycles. The Morgan fingerprint density at radius 3 is 2.81 bits per heavy atom. The lowest BCUT2D eigenvalue weighted by Gasteiger charge is -2.45. The number of rotatable bonds is 1. The van der Waals surface area contributed by atoms with E-state index in [-0.39, 0.29) is 5.41 Å². The van der Waals surface area contributed by atoms with Crippen LogP contribution in [-0.2, 0) is 0 Å². The number of halogens is 1. The van der Waals surface area contributed by atoms with Gasteiger partial charge in [0.05, 0.1) is 22.4 Å². The summed E-state index contributed by atoms with van der Waals surface area (Å²) in [6.45, 7) is 10.9. The molecule has 1 N–H and O–H groups in total. The number of benzene rings is 1. The first-order chi connectivity index (χ1) is 9.88. The Labute approximate surface area is 134 Å². The molecule has 1 saturated heterocycles. The van der Waals surface area contributed by atoms with Gasteiger partial charge in [-0.1, -0.05) is 32.4 Å². The second kappa shape index (κ2) is 5.38. The van der Waals surface area contributed by atoms with E-state index in [4.69, 9.17) is 11.6 Å². The van der Waals surface area contributed by atoms with E-state index in [0.717, 1.165) is 34.8 Å². The Hall–Kier alpha value is -0.910. The van der Waals surface area contributed by atoms with Crippen LogP contribution in [0.1, 0.15) is 27.7 Å². The van der Waals surface area contributed by atoms with Crippen LogP contribution in [0.4, 0.5) is 5.69 Å². The van der Waals surface area contributed by atoms with Gasteiger partial charge in [0, 0.05) is 25.2 Å². The van der Waals surface area contributed by atoms with E-state index in [2.05, 4.69) is 46.7 Å². The van der Waals surface area contributed by atoms with Gasteiger partial charge in [0.25, 0.3) is 0 Å². The van der Waals surface area contributed by atoms with Gasteiger partial charge in [-0.25, -0.2) is 0 Å². The predicted octanol–water partition coefficient (Wildman–Crippen LogP) is 3.56. The molecule has 0 amide bonds. The number of hydrogen-bond donors (Lipinski definition) is 1. The van der Waals surface area contributed by atoms with E-state index in [1.165, 1.54) is 11.7 Å². The molecule has 21 heavy (non-hydrogen) atoms. The zero-order chi connectivity index (χ0) is 15.2. The third kappa shape index (κ3) is 2.74. The van der Waals surface area contributed by atoms with Gasteiger partial charge in [0.1, 0.15) is 11.0 Å². The lowest BCUT2D eigenvalue weighted by Crippen LogP contribution is -2.59. The molecule has 1 fully saturated rings. The van der Waals surface area contributed by atoms with Crippen LogP contribution >= 0.6 is 23.3 Å². The fourth-order valence-corrected chi connectivity index (χ4v) is 3.64. The summed E-state index contributed by atoms with van der Waals surface area (Å²) in [5.74, 6) is 0. The first-order valence-electron chi connectivity index (χ1n) is 7.28. The largest absolute Gasteiger partial charge is 0.363 e. The van der Waals surface area contributed by atoms with Crippen LogP contribution in [0, 0.1) is 5.41 Å². The van der Waals surface area contributed by atoms with Crippen molar-refractivity contribution in [3.63, 3.8) is 0 Å². The Kier molecular flexibility index (Phi) is 3.84. The molecule has 2 aromatic rings. The minimum Gasteiger partial charge on any atom is -0.363 e. The van der Waals surface area contributed by atoms with E-state index in [0.29, 0.717) is 12.1 Å². The summed E-state index contributed by atoms with van der Waals surface area (Å²) in [6, 6.07) is 4.68. The molecule has 2 heterocycles. The van der Waals surface area contributed by atoms with Crippen LogP contribution in [0.25, 0.3) is 11.0 Å². The van der Waals surface area contributed by atoms with E-state index in [1.807, 2.05) is 12.1 Å².